The number of rotatable bonds is 5. The van der Waals surface area contributed by atoms with Gasteiger partial charge in [0.25, 0.3) is 11.6 Å². The van der Waals surface area contributed by atoms with E-state index in [9.17, 15) is 25.1 Å². The minimum absolute atomic E-state index is 0.0391. The number of hydrogen-bond donors (Lipinski definition) is 3. The number of aliphatic imine (C=N–C) groups is 1. The van der Waals surface area contributed by atoms with Crippen LogP contribution in [0.2, 0.25) is 0 Å². The van der Waals surface area contributed by atoms with Crippen LogP contribution in [0.3, 0.4) is 0 Å². The molecule has 158 valence electrons. The monoisotopic (exact) mass is 427 g/mol. The zero-order valence-corrected chi connectivity index (χ0v) is 16.6. The molecular formula is C24H17N3O5. The number of amides is 1. The predicted octanol–water partition coefficient (Wildman–Crippen LogP) is 5.16. The quantitative estimate of drug-likeness (QED) is 0.230. The first-order valence-corrected chi connectivity index (χ1v) is 9.56. The summed E-state index contributed by atoms with van der Waals surface area (Å²) in [6, 6.07) is 21.0. The summed E-state index contributed by atoms with van der Waals surface area (Å²) in [4.78, 5) is 27.4. The maximum atomic E-state index is 12.8. The average molecular weight is 427 g/mol. The van der Waals surface area contributed by atoms with Crippen molar-refractivity contribution >= 4 is 40.0 Å². The fourth-order valence-electron chi connectivity index (χ4n) is 3.25. The zero-order valence-electron chi connectivity index (χ0n) is 16.6. The smallest absolute Gasteiger partial charge is 0.271 e. The van der Waals surface area contributed by atoms with E-state index in [1.165, 1.54) is 12.3 Å². The van der Waals surface area contributed by atoms with Crippen molar-refractivity contribution in [1.82, 2.24) is 0 Å². The highest BCUT2D eigenvalue weighted by Crippen LogP contribution is 2.34. The summed E-state index contributed by atoms with van der Waals surface area (Å²) in [7, 11) is 0. The van der Waals surface area contributed by atoms with E-state index in [1.807, 2.05) is 6.07 Å². The second kappa shape index (κ2) is 8.57. The summed E-state index contributed by atoms with van der Waals surface area (Å²) in [6.45, 7) is 0. The first-order chi connectivity index (χ1) is 15.4. The van der Waals surface area contributed by atoms with Gasteiger partial charge in [0.2, 0.25) is 0 Å². The van der Waals surface area contributed by atoms with Crippen LogP contribution in [0.5, 0.6) is 11.5 Å². The molecule has 0 aromatic heterocycles. The van der Waals surface area contributed by atoms with Gasteiger partial charge in [-0.1, -0.05) is 42.5 Å². The number of benzene rings is 4. The summed E-state index contributed by atoms with van der Waals surface area (Å²) < 4.78 is 0. The molecule has 0 aliphatic heterocycles. The summed E-state index contributed by atoms with van der Waals surface area (Å²) in [5.41, 5.74) is 0.577. The van der Waals surface area contributed by atoms with Crippen molar-refractivity contribution in [2.45, 2.75) is 0 Å². The minimum atomic E-state index is -0.597. The Morgan fingerprint density at radius 2 is 1.69 bits per heavy atom. The van der Waals surface area contributed by atoms with E-state index in [0.29, 0.717) is 16.5 Å². The van der Waals surface area contributed by atoms with E-state index in [-0.39, 0.29) is 34.0 Å². The number of nitrogens with one attached hydrogen (secondary N) is 1. The lowest BCUT2D eigenvalue weighted by Crippen LogP contribution is -2.12. The maximum Gasteiger partial charge on any atom is 0.271 e. The van der Waals surface area contributed by atoms with Gasteiger partial charge in [0.05, 0.1) is 10.5 Å². The highest BCUT2D eigenvalue weighted by atomic mass is 16.6. The largest absolute Gasteiger partial charge is 0.506 e. The number of anilines is 1. The molecule has 0 heterocycles. The third kappa shape index (κ3) is 4.10. The Morgan fingerprint density at radius 3 is 2.44 bits per heavy atom. The van der Waals surface area contributed by atoms with Gasteiger partial charge in [-0.3, -0.25) is 19.9 Å². The summed E-state index contributed by atoms with van der Waals surface area (Å²) in [5.74, 6) is -1.06. The first-order valence-electron chi connectivity index (χ1n) is 9.56. The highest BCUT2D eigenvalue weighted by molar-refractivity contribution is 6.13. The molecular weight excluding hydrogens is 410 g/mol. The van der Waals surface area contributed by atoms with Gasteiger partial charge in [-0.15, -0.1) is 0 Å². The molecule has 0 fully saturated rings. The predicted molar refractivity (Wildman–Crippen MR) is 122 cm³/mol. The van der Waals surface area contributed by atoms with Crippen molar-refractivity contribution < 1.29 is 19.9 Å². The SMILES string of the molecule is O=C(Nc1ccccc1)c1cc2ccccc2c(/C=N\c2cc([N+](=O)[O-])ccc2O)c1O. The van der Waals surface area contributed by atoms with Gasteiger partial charge in [0.15, 0.2) is 0 Å². The van der Waals surface area contributed by atoms with Crippen molar-refractivity contribution in [1.29, 1.82) is 0 Å². The molecule has 1 amide bonds. The molecule has 0 radical (unpaired) electrons. The van der Waals surface area contributed by atoms with E-state index in [4.69, 9.17) is 0 Å². The fraction of sp³-hybridized carbons (Fsp3) is 0. The molecule has 8 nitrogen and oxygen atoms in total. The number of carbonyl (C=O) groups excluding carboxylic acids is 1. The van der Waals surface area contributed by atoms with Crippen molar-refractivity contribution in [2.24, 2.45) is 4.99 Å². The van der Waals surface area contributed by atoms with Crippen LogP contribution in [0.25, 0.3) is 10.8 Å². The van der Waals surface area contributed by atoms with E-state index < -0.39 is 10.8 Å². The third-order valence-corrected chi connectivity index (χ3v) is 4.84. The Balaban J connectivity index is 1.80. The lowest BCUT2D eigenvalue weighted by Gasteiger charge is -2.12. The zero-order chi connectivity index (χ0) is 22.7. The number of non-ortho nitro benzene ring substituents is 1. The molecule has 0 aliphatic rings. The van der Waals surface area contributed by atoms with Crippen LogP contribution >= 0.6 is 0 Å². The topological polar surface area (TPSA) is 125 Å². The number of para-hydroxylation sites is 1. The Kier molecular flexibility index (Phi) is 5.50. The van der Waals surface area contributed by atoms with Crippen molar-refractivity contribution in [3.63, 3.8) is 0 Å². The number of carbonyl (C=O) groups is 1. The maximum absolute atomic E-state index is 12.8. The van der Waals surface area contributed by atoms with E-state index in [0.717, 1.165) is 12.1 Å². The molecule has 0 unspecified atom stereocenters. The van der Waals surface area contributed by atoms with Gasteiger partial charge in [0, 0.05) is 29.6 Å². The lowest BCUT2D eigenvalue weighted by atomic mass is 9.99. The summed E-state index contributed by atoms with van der Waals surface area (Å²) in [5, 5.41) is 36.0. The van der Waals surface area contributed by atoms with Gasteiger partial charge < -0.3 is 15.5 Å². The van der Waals surface area contributed by atoms with Crippen molar-refractivity contribution in [3.8, 4) is 11.5 Å². The second-order valence-corrected chi connectivity index (χ2v) is 6.92. The van der Waals surface area contributed by atoms with Crippen LogP contribution in [0.4, 0.5) is 17.1 Å². The van der Waals surface area contributed by atoms with E-state index >= 15 is 0 Å². The molecule has 0 saturated heterocycles. The van der Waals surface area contributed by atoms with Gasteiger partial charge in [-0.2, -0.15) is 0 Å². The van der Waals surface area contributed by atoms with Gasteiger partial charge in [-0.05, 0) is 35.0 Å². The van der Waals surface area contributed by atoms with Crippen LogP contribution in [0.1, 0.15) is 15.9 Å². The summed E-state index contributed by atoms with van der Waals surface area (Å²) in [6.07, 6.45) is 1.27. The van der Waals surface area contributed by atoms with Crippen molar-refractivity contribution in [2.75, 3.05) is 5.32 Å². The molecule has 0 atom stereocenters. The number of phenolic OH excluding ortho intramolecular Hbond substituents is 2. The number of hydrogen-bond acceptors (Lipinski definition) is 6. The molecule has 3 N–H and O–H groups in total. The second-order valence-electron chi connectivity index (χ2n) is 6.92. The average Bonchev–Trinajstić information content (AvgIpc) is 2.79. The number of nitro groups is 1. The number of phenols is 2. The van der Waals surface area contributed by atoms with E-state index in [1.54, 1.807) is 54.6 Å². The van der Waals surface area contributed by atoms with E-state index in [2.05, 4.69) is 10.3 Å². The van der Waals surface area contributed by atoms with Gasteiger partial charge in [-0.25, -0.2) is 0 Å². The third-order valence-electron chi connectivity index (χ3n) is 4.84. The Hall–Kier alpha value is -4.72. The molecule has 8 heteroatoms. The number of nitrogens with zero attached hydrogens (tertiary/aromatic N) is 2. The number of aromatic hydroxyl groups is 2. The van der Waals surface area contributed by atoms with Crippen LogP contribution < -0.4 is 5.32 Å². The molecule has 0 aliphatic carbocycles. The Morgan fingerprint density at radius 1 is 0.969 bits per heavy atom. The molecule has 0 bridgehead atoms. The normalized spacial score (nSPS) is 11.0. The number of nitro benzene ring substituents is 1. The first kappa shape index (κ1) is 20.5. The van der Waals surface area contributed by atoms with Crippen LogP contribution in [0.15, 0.2) is 83.9 Å². The fourth-order valence-corrected chi connectivity index (χ4v) is 3.25. The van der Waals surface area contributed by atoms with Crippen LogP contribution in [-0.2, 0) is 0 Å². The molecule has 0 saturated carbocycles. The Bertz CT molecular complexity index is 1370. The van der Waals surface area contributed by atoms with Crippen LogP contribution in [0, 0.1) is 10.1 Å². The highest BCUT2D eigenvalue weighted by Gasteiger charge is 2.18. The van der Waals surface area contributed by atoms with Gasteiger partial charge >= 0.3 is 0 Å². The molecule has 0 spiro atoms. The molecule has 32 heavy (non-hydrogen) atoms. The molecule has 4 aromatic carbocycles. The van der Waals surface area contributed by atoms with Crippen molar-refractivity contribution in [3.05, 3.63) is 100 Å². The van der Waals surface area contributed by atoms with Crippen LogP contribution in [-0.4, -0.2) is 27.3 Å². The molecule has 4 rings (SSSR count). The summed E-state index contributed by atoms with van der Waals surface area (Å²) >= 11 is 0. The number of fused-ring (bicyclic) bond motifs is 1. The minimum Gasteiger partial charge on any atom is -0.506 e. The Labute approximate surface area is 182 Å². The standard InChI is InChI=1S/C24H17N3O5/c28-22-11-10-17(27(31)32)13-21(22)25-14-20-18-9-5-4-6-15(18)12-19(23(20)29)24(30)26-16-7-2-1-3-8-16/h1-14,28-29H,(H,26,30)/b25-14-. The van der Waals surface area contributed by atoms with Gasteiger partial charge in [0.1, 0.15) is 17.2 Å². The lowest BCUT2D eigenvalue weighted by molar-refractivity contribution is -0.384. The molecule has 4 aromatic rings.